The normalized spacial score (nSPS) is 18.6. The number of nitro benzene ring substituents is 1. The van der Waals surface area contributed by atoms with Crippen LogP contribution < -0.4 is 10.0 Å². The number of piperidine rings is 1. The van der Waals surface area contributed by atoms with Crippen molar-refractivity contribution >= 4 is 15.7 Å². The van der Waals surface area contributed by atoms with Gasteiger partial charge in [0, 0.05) is 12.1 Å². The van der Waals surface area contributed by atoms with Crippen LogP contribution in [0.1, 0.15) is 12.8 Å². The molecule has 0 unspecified atom stereocenters. The maximum absolute atomic E-state index is 13.4. The zero-order valence-corrected chi connectivity index (χ0v) is 12.6. The highest BCUT2D eigenvalue weighted by Crippen LogP contribution is 2.38. The Labute approximate surface area is 130 Å². The number of rotatable bonds is 4. The molecule has 2 N–H and O–H groups in total. The molecule has 128 valence electrons. The fourth-order valence-electron chi connectivity index (χ4n) is 2.36. The Morgan fingerprint density at radius 3 is 2.13 bits per heavy atom. The van der Waals surface area contributed by atoms with E-state index in [4.69, 9.17) is 0 Å². The van der Waals surface area contributed by atoms with Crippen molar-refractivity contribution in [3.63, 3.8) is 0 Å². The third kappa shape index (κ3) is 3.62. The maximum atomic E-state index is 13.4. The van der Waals surface area contributed by atoms with Crippen LogP contribution in [-0.2, 0) is 10.0 Å². The molecule has 0 atom stereocenters. The highest BCUT2D eigenvalue weighted by molar-refractivity contribution is 7.89. The zero-order chi connectivity index (χ0) is 17.3. The molecule has 0 amide bonds. The van der Waals surface area contributed by atoms with E-state index in [1.54, 1.807) is 4.72 Å². The summed E-state index contributed by atoms with van der Waals surface area (Å²) in [4.78, 5) is 9.36. The van der Waals surface area contributed by atoms with Gasteiger partial charge in [0.1, 0.15) is 5.54 Å². The highest BCUT2D eigenvalue weighted by Gasteiger charge is 2.56. The fourth-order valence-corrected chi connectivity index (χ4v) is 3.81. The predicted octanol–water partition coefficient (Wildman–Crippen LogP) is 1.56. The zero-order valence-electron chi connectivity index (χ0n) is 11.8. The molecular formula is C12H14F3N3O4S. The van der Waals surface area contributed by atoms with Gasteiger partial charge in [-0.2, -0.15) is 17.9 Å². The predicted molar refractivity (Wildman–Crippen MR) is 74.3 cm³/mol. The van der Waals surface area contributed by atoms with E-state index in [-0.39, 0.29) is 18.8 Å². The minimum Gasteiger partial charge on any atom is -0.317 e. The molecular weight excluding hydrogens is 339 g/mol. The Morgan fingerprint density at radius 1 is 1.17 bits per heavy atom. The lowest BCUT2D eigenvalue weighted by Crippen LogP contribution is -2.62. The molecule has 1 aliphatic rings. The van der Waals surface area contributed by atoms with E-state index >= 15 is 0 Å². The Bertz CT molecular complexity index is 682. The molecule has 0 saturated carbocycles. The first-order valence-corrected chi connectivity index (χ1v) is 8.12. The number of hydrogen-bond acceptors (Lipinski definition) is 5. The SMILES string of the molecule is O=[N+]([O-])c1ccc(S(=O)(=O)NC2(C(F)(F)F)CCNCC2)cc1. The average Bonchev–Trinajstić information content (AvgIpc) is 2.46. The monoisotopic (exact) mass is 353 g/mol. The molecule has 0 aromatic heterocycles. The number of halogens is 3. The summed E-state index contributed by atoms with van der Waals surface area (Å²) in [5, 5.41) is 13.3. The van der Waals surface area contributed by atoms with Crippen LogP contribution in [0.25, 0.3) is 0 Å². The quantitative estimate of drug-likeness (QED) is 0.632. The van der Waals surface area contributed by atoms with Gasteiger partial charge in [-0.15, -0.1) is 0 Å². The van der Waals surface area contributed by atoms with Crippen molar-refractivity contribution in [1.29, 1.82) is 0 Å². The van der Waals surface area contributed by atoms with Crippen molar-refractivity contribution in [2.24, 2.45) is 0 Å². The lowest BCUT2D eigenvalue weighted by atomic mass is 9.89. The van der Waals surface area contributed by atoms with Crippen molar-refractivity contribution in [3.8, 4) is 0 Å². The molecule has 23 heavy (non-hydrogen) atoms. The van der Waals surface area contributed by atoms with Gasteiger partial charge in [0.2, 0.25) is 10.0 Å². The summed E-state index contributed by atoms with van der Waals surface area (Å²) in [5.41, 5.74) is -2.89. The van der Waals surface area contributed by atoms with Crippen LogP contribution in [0.15, 0.2) is 29.2 Å². The number of hydrogen-bond donors (Lipinski definition) is 2. The molecule has 1 aromatic carbocycles. The summed E-state index contributed by atoms with van der Waals surface area (Å²) in [5.74, 6) is 0. The van der Waals surface area contributed by atoms with Crippen LogP contribution in [0, 0.1) is 10.1 Å². The number of alkyl halides is 3. The summed E-state index contributed by atoms with van der Waals surface area (Å²) in [6.07, 6.45) is -5.60. The second-order valence-electron chi connectivity index (χ2n) is 5.19. The van der Waals surface area contributed by atoms with Crippen LogP contribution in [0.4, 0.5) is 18.9 Å². The molecule has 0 bridgehead atoms. The van der Waals surface area contributed by atoms with Crippen molar-refractivity contribution in [1.82, 2.24) is 10.0 Å². The summed E-state index contributed by atoms with van der Waals surface area (Å²) in [7, 11) is -4.46. The van der Waals surface area contributed by atoms with Gasteiger partial charge in [-0.05, 0) is 38.1 Å². The number of sulfonamides is 1. The molecule has 1 saturated heterocycles. The van der Waals surface area contributed by atoms with Crippen LogP contribution in [0.5, 0.6) is 0 Å². The Kier molecular flexibility index (Phi) is 4.64. The van der Waals surface area contributed by atoms with Gasteiger partial charge in [-0.3, -0.25) is 10.1 Å². The average molecular weight is 353 g/mol. The number of nitrogens with zero attached hydrogens (tertiary/aromatic N) is 1. The molecule has 1 fully saturated rings. The third-order valence-corrected chi connectivity index (χ3v) is 5.24. The van der Waals surface area contributed by atoms with Crippen molar-refractivity contribution in [2.45, 2.75) is 29.5 Å². The summed E-state index contributed by atoms with van der Waals surface area (Å²) < 4.78 is 66.3. The van der Waals surface area contributed by atoms with Crippen LogP contribution in [-0.4, -0.2) is 38.1 Å². The van der Waals surface area contributed by atoms with Gasteiger partial charge in [0.25, 0.3) is 5.69 Å². The summed E-state index contributed by atoms with van der Waals surface area (Å²) >= 11 is 0. The van der Waals surface area contributed by atoms with Gasteiger partial charge >= 0.3 is 6.18 Å². The summed E-state index contributed by atoms with van der Waals surface area (Å²) in [6, 6.07) is 3.67. The van der Waals surface area contributed by atoms with E-state index < -0.39 is 44.4 Å². The van der Waals surface area contributed by atoms with Crippen molar-refractivity contribution < 1.29 is 26.5 Å². The van der Waals surface area contributed by atoms with Crippen LogP contribution in [0.3, 0.4) is 0 Å². The number of benzene rings is 1. The number of non-ortho nitro benzene ring substituents is 1. The second kappa shape index (κ2) is 6.06. The lowest BCUT2D eigenvalue weighted by Gasteiger charge is -2.39. The molecule has 2 rings (SSSR count). The first-order valence-electron chi connectivity index (χ1n) is 6.63. The molecule has 1 aromatic rings. The first-order chi connectivity index (χ1) is 10.6. The Morgan fingerprint density at radius 2 is 1.70 bits per heavy atom. The Hall–Kier alpha value is -1.72. The first kappa shape index (κ1) is 17.6. The third-order valence-electron chi connectivity index (χ3n) is 3.69. The largest absolute Gasteiger partial charge is 0.407 e. The van der Waals surface area contributed by atoms with E-state index in [1.807, 2.05) is 0 Å². The topological polar surface area (TPSA) is 101 Å². The molecule has 1 heterocycles. The van der Waals surface area contributed by atoms with Crippen molar-refractivity contribution in [3.05, 3.63) is 34.4 Å². The van der Waals surface area contributed by atoms with E-state index in [0.717, 1.165) is 24.3 Å². The number of nitro groups is 1. The molecule has 0 aliphatic carbocycles. The second-order valence-corrected chi connectivity index (χ2v) is 6.87. The number of nitrogens with one attached hydrogen (secondary N) is 2. The minimum atomic E-state index is -4.75. The molecule has 11 heteroatoms. The molecule has 1 aliphatic heterocycles. The van der Waals surface area contributed by atoms with Gasteiger partial charge in [-0.25, -0.2) is 8.42 Å². The molecule has 0 radical (unpaired) electrons. The maximum Gasteiger partial charge on any atom is 0.407 e. The highest BCUT2D eigenvalue weighted by atomic mass is 32.2. The van der Waals surface area contributed by atoms with Crippen LogP contribution >= 0.6 is 0 Å². The van der Waals surface area contributed by atoms with E-state index in [1.165, 1.54) is 0 Å². The van der Waals surface area contributed by atoms with Gasteiger partial charge < -0.3 is 5.32 Å². The van der Waals surface area contributed by atoms with Crippen molar-refractivity contribution in [2.75, 3.05) is 13.1 Å². The summed E-state index contributed by atoms with van der Waals surface area (Å²) in [6.45, 7) is 0.0601. The van der Waals surface area contributed by atoms with Gasteiger partial charge in [0.05, 0.1) is 9.82 Å². The molecule has 7 nitrogen and oxygen atoms in total. The Balaban J connectivity index is 2.33. The van der Waals surface area contributed by atoms with Gasteiger partial charge in [-0.1, -0.05) is 0 Å². The smallest absolute Gasteiger partial charge is 0.317 e. The van der Waals surface area contributed by atoms with Crippen LogP contribution in [0.2, 0.25) is 0 Å². The molecule has 0 spiro atoms. The van der Waals surface area contributed by atoms with Gasteiger partial charge in [0.15, 0.2) is 0 Å². The lowest BCUT2D eigenvalue weighted by molar-refractivity contribution is -0.384. The standard InChI is InChI=1S/C12H14F3N3O4S/c13-12(14,15)11(5-7-16-8-6-11)17-23(21,22)10-3-1-9(2-4-10)18(19)20/h1-4,16-17H,5-8H2. The van der Waals surface area contributed by atoms with E-state index in [9.17, 15) is 31.7 Å². The fraction of sp³-hybridized carbons (Fsp3) is 0.500. The van der Waals surface area contributed by atoms with E-state index in [0.29, 0.717) is 0 Å². The van der Waals surface area contributed by atoms with E-state index in [2.05, 4.69) is 5.32 Å². The minimum absolute atomic E-state index is 0.0301.